The number of nitrogens with one attached hydrogen (secondary N) is 1. The summed E-state index contributed by atoms with van der Waals surface area (Å²) in [6, 6.07) is 12.2. The van der Waals surface area contributed by atoms with Crippen LogP contribution in [0.2, 0.25) is 5.02 Å². The number of fused-ring (bicyclic) bond motifs is 1. The molecule has 0 unspecified atom stereocenters. The normalized spacial score (nSPS) is 12.8. The highest BCUT2D eigenvalue weighted by Gasteiger charge is 2.25. The van der Waals surface area contributed by atoms with Crippen molar-refractivity contribution < 1.29 is 23.9 Å². The highest BCUT2D eigenvalue weighted by Crippen LogP contribution is 2.31. The number of esters is 1. The van der Waals surface area contributed by atoms with E-state index < -0.39 is 18.5 Å². The molecule has 0 bridgehead atoms. The molecular weight excluding hydrogens is 384 g/mol. The monoisotopic (exact) mass is 402 g/mol. The van der Waals surface area contributed by atoms with E-state index in [1.54, 1.807) is 49.4 Å². The summed E-state index contributed by atoms with van der Waals surface area (Å²) in [4.78, 5) is 37.5. The molecule has 1 aliphatic rings. The molecule has 3 rings (SSSR count). The van der Waals surface area contributed by atoms with E-state index in [0.717, 1.165) is 5.56 Å². The standard InChI is InChI=1S/C20H19ClN2O5/c1-13-14(21)5-4-6-15(13)22-18(24)11-28-20(26)9-10-23-16-7-2-3-8-17(16)27-12-19(23)25/h2-8H,9-12H2,1H3,(H,22,24). The zero-order chi connectivity index (χ0) is 20.1. The van der Waals surface area contributed by atoms with Crippen LogP contribution in [-0.2, 0) is 19.1 Å². The zero-order valence-corrected chi connectivity index (χ0v) is 16.0. The molecule has 28 heavy (non-hydrogen) atoms. The van der Waals surface area contributed by atoms with Gasteiger partial charge in [0.2, 0.25) is 0 Å². The van der Waals surface area contributed by atoms with Crippen molar-refractivity contribution in [3.8, 4) is 5.75 Å². The fourth-order valence-electron chi connectivity index (χ4n) is 2.75. The molecule has 0 radical (unpaired) electrons. The van der Waals surface area contributed by atoms with Crippen molar-refractivity contribution in [2.45, 2.75) is 13.3 Å². The maximum absolute atomic E-state index is 12.1. The highest BCUT2D eigenvalue weighted by molar-refractivity contribution is 6.31. The summed E-state index contributed by atoms with van der Waals surface area (Å²) in [5.41, 5.74) is 1.90. The number of para-hydroxylation sites is 2. The summed E-state index contributed by atoms with van der Waals surface area (Å²) in [6.07, 6.45) is -0.0381. The molecule has 0 spiro atoms. The molecule has 8 heteroatoms. The van der Waals surface area contributed by atoms with Crippen molar-refractivity contribution in [2.75, 3.05) is 30.0 Å². The van der Waals surface area contributed by atoms with Crippen LogP contribution in [0, 0.1) is 6.92 Å². The minimum absolute atomic E-state index is 0.0381. The van der Waals surface area contributed by atoms with Gasteiger partial charge in [-0.15, -0.1) is 0 Å². The van der Waals surface area contributed by atoms with Crippen molar-refractivity contribution in [3.05, 3.63) is 53.1 Å². The molecule has 0 aromatic heterocycles. The van der Waals surface area contributed by atoms with Crippen LogP contribution in [0.15, 0.2) is 42.5 Å². The van der Waals surface area contributed by atoms with Gasteiger partial charge in [0.05, 0.1) is 12.1 Å². The number of carbonyl (C=O) groups excluding carboxylic acids is 3. The number of amides is 2. The van der Waals surface area contributed by atoms with Gasteiger partial charge in [-0.2, -0.15) is 0 Å². The second-order valence-corrected chi connectivity index (χ2v) is 6.58. The number of nitrogens with zero attached hydrogens (tertiary/aromatic N) is 1. The molecule has 2 amide bonds. The lowest BCUT2D eigenvalue weighted by atomic mass is 10.2. The van der Waals surface area contributed by atoms with Gasteiger partial charge in [-0.3, -0.25) is 14.4 Å². The predicted octanol–water partition coefficient (Wildman–Crippen LogP) is 2.95. The molecule has 146 valence electrons. The van der Waals surface area contributed by atoms with Crippen molar-refractivity contribution in [3.63, 3.8) is 0 Å². The van der Waals surface area contributed by atoms with E-state index in [1.165, 1.54) is 4.90 Å². The van der Waals surface area contributed by atoms with Gasteiger partial charge in [0.15, 0.2) is 13.2 Å². The van der Waals surface area contributed by atoms with Crippen LogP contribution in [0.3, 0.4) is 0 Å². The number of rotatable bonds is 6. The highest BCUT2D eigenvalue weighted by atomic mass is 35.5. The number of halogens is 1. The van der Waals surface area contributed by atoms with Crippen molar-refractivity contribution in [2.24, 2.45) is 0 Å². The molecule has 1 aliphatic heterocycles. The van der Waals surface area contributed by atoms with E-state index in [0.29, 0.717) is 22.1 Å². The summed E-state index contributed by atoms with van der Waals surface area (Å²) >= 11 is 6.01. The second kappa shape index (κ2) is 8.75. The van der Waals surface area contributed by atoms with Gasteiger partial charge in [0.25, 0.3) is 11.8 Å². The lowest BCUT2D eigenvalue weighted by Crippen LogP contribution is -2.40. The topological polar surface area (TPSA) is 84.9 Å². The number of ether oxygens (including phenoxy) is 2. The van der Waals surface area contributed by atoms with Crippen LogP contribution in [-0.4, -0.2) is 37.5 Å². The molecule has 2 aromatic rings. The molecule has 2 aromatic carbocycles. The summed E-state index contributed by atoms with van der Waals surface area (Å²) in [5, 5.41) is 3.18. The molecule has 0 fully saturated rings. The van der Waals surface area contributed by atoms with Crippen LogP contribution >= 0.6 is 11.6 Å². The predicted molar refractivity (Wildman–Crippen MR) is 105 cm³/mol. The average Bonchev–Trinajstić information content (AvgIpc) is 2.69. The van der Waals surface area contributed by atoms with Gasteiger partial charge >= 0.3 is 5.97 Å². The smallest absolute Gasteiger partial charge is 0.308 e. The van der Waals surface area contributed by atoms with Gasteiger partial charge in [0, 0.05) is 17.3 Å². The number of anilines is 2. The van der Waals surface area contributed by atoms with Crippen molar-refractivity contribution >= 4 is 40.8 Å². The average molecular weight is 403 g/mol. The first-order chi connectivity index (χ1) is 13.5. The number of carbonyl (C=O) groups is 3. The Bertz CT molecular complexity index is 915. The Kier molecular flexibility index (Phi) is 6.16. The van der Waals surface area contributed by atoms with Gasteiger partial charge in [0.1, 0.15) is 5.75 Å². The molecule has 0 saturated heterocycles. The Morgan fingerprint density at radius 3 is 2.82 bits per heavy atom. The van der Waals surface area contributed by atoms with Gasteiger partial charge in [-0.25, -0.2) is 0 Å². The van der Waals surface area contributed by atoms with E-state index in [2.05, 4.69) is 5.32 Å². The first-order valence-corrected chi connectivity index (χ1v) is 9.06. The lowest BCUT2D eigenvalue weighted by Gasteiger charge is -2.28. The minimum atomic E-state index is -0.574. The molecule has 0 atom stereocenters. The van der Waals surface area contributed by atoms with E-state index in [-0.39, 0.29) is 25.5 Å². The number of benzene rings is 2. The van der Waals surface area contributed by atoms with E-state index in [4.69, 9.17) is 21.1 Å². The quantitative estimate of drug-likeness (QED) is 0.751. The Balaban J connectivity index is 1.49. The maximum Gasteiger partial charge on any atom is 0.308 e. The zero-order valence-electron chi connectivity index (χ0n) is 15.2. The van der Waals surface area contributed by atoms with E-state index in [9.17, 15) is 14.4 Å². The van der Waals surface area contributed by atoms with Crippen molar-refractivity contribution in [1.82, 2.24) is 0 Å². The van der Waals surface area contributed by atoms with Crippen LogP contribution in [0.5, 0.6) is 5.75 Å². The molecule has 1 heterocycles. The minimum Gasteiger partial charge on any atom is -0.482 e. The third kappa shape index (κ3) is 4.61. The largest absolute Gasteiger partial charge is 0.482 e. The van der Waals surface area contributed by atoms with E-state index >= 15 is 0 Å². The fraction of sp³-hybridized carbons (Fsp3) is 0.250. The first-order valence-electron chi connectivity index (χ1n) is 8.68. The van der Waals surface area contributed by atoms with Crippen LogP contribution in [0.25, 0.3) is 0 Å². The number of hydrogen-bond donors (Lipinski definition) is 1. The van der Waals surface area contributed by atoms with Crippen molar-refractivity contribution in [1.29, 1.82) is 0 Å². The Morgan fingerprint density at radius 1 is 1.21 bits per heavy atom. The fourth-order valence-corrected chi connectivity index (χ4v) is 2.92. The summed E-state index contributed by atoms with van der Waals surface area (Å²) in [5.74, 6) is -0.686. The van der Waals surface area contributed by atoms with Gasteiger partial charge in [-0.1, -0.05) is 29.8 Å². The third-order valence-electron chi connectivity index (χ3n) is 4.25. The lowest BCUT2D eigenvalue weighted by molar-refractivity contribution is -0.147. The summed E-state index contributed by atoms with van der Waals surface area (Å²) in [7, 11) is 0. The molecular formula is C20H19ClN2O5. The first kappa shape index (κ1) is 19.7. The van der Waals surface area contributed by atoms with Crippen LogP contribution < -0.4 is 15.0 Å². The Morgan fingerprint density at radius 2 is 2.00 bits per heavy atom. The SMILES string of the molecule is Cc1c(Cl)cccc1NC(=O)COC(=O)CCN1C(=O)COc2ccccc21. The molecule has 0 saturated carbocycles. The summed E-state index contributed by atoms with van der Waals surface area (Å²) in [6.45, 7) is 1.43. The summed E-state index contributed by atoms with van der Waals surface area (Å²) < 4.78 is 10.4. The van der Waals surface area contributed by atoms with Crippen LogP contribution in [0.1, 0.15) is 12.0 Å². The Hall–Kier alpha value is -3.06. The molecule has 7 nitrogen and oxygen atoms in total. The second-order valence-electron chi connectivity index (χ2n) is 6.17. The maximum atomic E-state index is 12.1. The van der Waals surface area contributed by atoms with E-state index in [1.807, 2.05) is 0 Å². The third-order valence-corrected chi connectivity index (χ3v) is 4.66. The van der Waals surface area contributed by atoms with Crippen LogP contribution in [0.4, 0.5) is 11.4 Å². The van der Waals surface area contributed by atoms with Gasteiger partial charge < -0.3 is 19.7 Å². The number of hydrogen-bond acceptors (Lipinski definition) is 5. The van der Waals surface area contributed by atoms with Gasteiger partial charge in [-0.05, 0) is 36.8 Å². The Labute approximate surface area is 167 Å². The molecule has 0 aliphatic carbocycles. The molecule has 1 N–H and O–H groups in total.